The summed E-state index contributed by atoms with van der Waals surface area (Å²) < 4.78 is 0. The van der Waals surface area contributed by atoms with Crippen molar-refractivity contribution >= 4 is 11.9 Å². The highest BCUT2D eigenvalue weighted by molar-refractivity contribution is 5.90. The van der Waals surface area contributed by atoms with E-state index < -0.39 is 18.2 Å². The maximum Gasteiger partial charge on any atom is 0.373 e. The molecule has 0 bridgehead atoms. The number of hydrogen-bond donors (Lipinski definition) is 0. The molecule has 0 aromatic heterocycles. The van der Waals surface area contributed by atoms with Gasteiger partial charge in [-0.1, -0.05) is 118 Å². The Morgan fingerprint density at radius 2 is 0.925 bits per heavy atom. The van der Waals surface area contributed by atoms with E-state index in [4.69, 9.17) is 19.6 Å². The highest BCUT2D eigenvalue weighted by Gasteiger charge is 2.20. The molecule has 0 aliphatic carbocycles. The Bertz CT molecular complexity index is 1220. The van der Waals surface area contributed by atoms with E-state index in [0.717, 1.165) is 54.4 Å². The van der Waals surface area contributed by atoms with Crippen molar-refractivity contribution in [3.63, 3.8) is 0 Å². The van der Waals surface area contributed by atoms with E-state index in [2.05, 4.69) is 6.92 Å². The SMILES string of the molecule is CCCCCCCC(OOC(=O)c1ccc(-c2ccccc2)cc1)OOC(=O)c1ccc(-c2ccccc2)cc1. The summed E-state index contributed by atoms with van der Waals surface area (Å²) in [6.07, 6.45) is 4.39. The summed E-state index contributed by atoms with van der Waals surface area (Å²) in [6.45, 7) is 2.15. The van der Waals surface area contributed by atoms with E-state index in [1.165, 1.54) is 0 Å². The first-order chi connectivity index (χ1) is 19.6. The zero-order valence-electron chi connectivity index (χ0n) is 22.7. The predicted octanol–water partition coefficient (Wildman–Crippen LogP) is 8.58. The first-order valence-corrected chi connectivity index (χ1v) is 13.7. The molecule has 0 aliphatic heterocycles. The zero-order valence-corrected chi connectivity index (χ0v) is 22.7. The van der Waals surface area contributed by atoms with Crippen LogP contribution in [0.15, 0.2) is 109 Å². The van der Waals surface area contributed by atoms with E-state index in [-0.39, 0.29) is 0 Å². The average molecular weight is 539 g/mol. The molecule has 4 aromatic carbocycles. The van der Waals surface area contributed by atoms with Crippen LogP contribution >= 0.6 is 0 Å². The largest absolute Gasteiger partial charge is 0.373 e. The summed E-state index contributed by atoms with van der Waals surface area (Å²) in [5.41, 5.74) is 4.72. The van der Waals surface area contributed by atoms with Crippen molar-refractivity contribution in [3.8, 4) is 22.3 Å². The highest BCUT2D eigenvalue weighted by Crippen LogP contribution is 2.21. The summed E-state index contributed by atoms with van der Waals surface area (Å²) >= 11 is 0. The molecule has 0 unspecified atom stereocenters. The molecule has 0 aliphatic rings. The monoisotopic (exact) mass is 538 g/mol. The van der Waals surface area contributed by atoms with Gasteiger partial charge in [0.1, 0.15) is 0 Å². The Morgan fingerprint density at radius 1 is 0.525 bits per heavy atom. The number of unbranched alkanes of at least 4 members (excludes halogenated alkanes) is 4. The van der Waals surface area contributed by atoms with Gasteiger partial charge in [-0.25, -0.2) is 9.59 Å². The molecule has 6 nitrogen and oxygen atoms in total. The van der Waals surface area contributed by atoms with Crippen LogP contribution in [0.5, 0.6) is 0 Å². The average Bonchev–Trinajstić information content (AvgIpc) is 3.02. The van der Waals surface area contributed by atoms with E-state index in [1.54, 1.807) is 24.3 Å². The van der Waals surface area contributed by atoms with E-state index in [1.807, 2.05) is 84.9 Å². The third kappa shape index (κ3) is 8.63. The summed E-state index contributed by atoms with van der Waals surface area (Å²) in [6, 6.07) is 33.8. The first-order valence-electron chi connectivity index (χ1n) is 13.7. The maximum absolute atomic E-state index is 12.6. The van der Waals surface area contributed by atoms with Crippen molar-refractivity contribution in [2.45, 2.75) is 51.7 Å². The summed E-state index contributed by atoms with van der Waals surface area (Å²) in [4.78, 5) is 45.9. The normalized spacial score (nSPS) is 10.8. The van der Waals surface area contributed by atoms with Crippen molar-refractivity contribution in [2.24, 2.45) is 0 Å². The van der Waals surface area contributed by atoms with E-state index in [0.29, 0.717) is 17.5 Å². The molecule has 0 radical (unpaired) electrons. The van der Waals surface area contributed by atoms with E-state index in [9.17, 15) is 9.59 Å². The lowest BCUT2D eigenvalue weighted by Gasteiger charge is -2.15. The summed E-state index contributed by atoms with van der Waals surface area (Å²) in [5.74, 6) is -1.33. The lowest BCUT2D eigenvalue weighted by Crippen LogP contribution is -2.22. The standard InChI is InChI=1S/C34H34O6/c1-2-3-4-5-12-17-32(37-39-33(35)30-22-18-28(19-23-30)26-13-8-6-9-14-26)38-40-34(36)31-24-20-29(21-25-31)27-15-10-7-11-16-27/h6-11,13-16,18-25,32H,2-5,12,17H2,1H3. The second kappa shape index (κ2) is 15.4. The first kappa shape index (κ1) is 28.7. The van der Waals surface area contributed by atoms with Gasteiger partial charge in [0.25, 0.3) is 0 Å². The van der Waals surface area contributed by atoms with Crippen LogP contribution in [0.1, 0.15) is 66.2 Å². The van der Waals surface area contributed by atoms with Crippen LogP contribution in [0, 0.1) is 0 Å². The molecule has 4 aromatic rings. The number of carbonyl (C=O) groups excluding carboxylic acids is 2. The van der Waals surface area contributed by atoms with E-state index >= 15 is 0 Å². The molecule has 0 heterocycles. The minimum atomic E-state index is -1.05. The smallest absolute Gasteiger partial charge is 0.290 e. The number of hydrogen-bond acceptors (Lipinski definition) is 6. The van der Waals surface area contributed by atoms with Crippen LogP contribution in [-0.4, -0.2) is 18.2 Å². The van der Waals surface area contributed by atoms with Crippen molar-refractivity contribution < 1.29 is 29.1 Å². The fraction of sp³-hybridized carbons (Fsp3) is 0.235. The predicted molar refractivity (Wildman–Crippen MR) is 154 cm³/mol. The van der Waals surface area contributed by atoms with Gasteiger partial charge in [-0.15, -0.1) is 9.78 Å². The number of benzene rings is 4. The summed E-state index contributed by atoms with van der Waals surface area (Å²) in [5, 5.41) is 0. The maximum atomic E-state index is 12.6. The van der Waals surface area contributed by atoms with Crippen molar-refractivity contribution in [2.75, 3.05) is 0 Å². The van der Waals surface area contributed by atoms with Gasteiger partial charge in [0.05, 0.1) is 11.1 Å². The van der Waals surface area contributed by atoms with Gasteiger partial charge in [-0.2, -0.15) is 0 Å². The molecule has 0 atom stereocenters. The lowest BCUT2D eigenvalue weighted by atomic mass is 10.0. The van der Waals surface area contributed by atoms with Crippen molar-refractivity contribution in [1.29, 1.82) is 0 Å². The van der Waals surface area contributed by atoms with Crippen LogP contribution in [0.4, 0.5) is 0 Å². The van der Waals surface area contributed by atoms with Gasteiger partial charge >= 0.3 is 11.9 Å². The molecular formula is C34H34O6. The molecule has 0 N–H and O–H groups in total. The van der Waals surface area contributed by atoms with Gasteiger partial charge in [0.2, 0.25) is 6.29 Å². The molecule has 6 heteroatoms. The van der Waals surface area contributed by atoms with Gasteiger partial charge in [-0.3, -0.25) is 9.78 Å². The second-order valence-electron chi connectivity index (χ2n) is 9.45. The molecule has 0 saturated carbocycles. The molecule has 0 saturated heterocycles. The molecule has 206 valence electrons. The lowest BCUT2D eigenvalue weighted by molar-refractivity contribution is -0.421. The molecular weight excluding hydrogens is 504 g/mol. The second-order valence-corrected chi connectivity index (χ2v) is 9.45. The highest BCUT2D eigenvalue weighted by atomic mass is 17.3. The fourth-order valence-corrected chi connectivity index (χ4v) is 4.18. The Labute approximate surface area is 235 Å². The molecule has 4 rings (SSSR count). The number of carbonyl (C=O) groups is 2. The Balaban J connectivity index is 1.32. The van der Waals surface area contributed by atoms with Crippen molar-refractivity contribution in [1.82, 2.24) is 0 Å². The molecule has 0 spiro atoms. The fourth-order valence-electron chi connectivity index (χ4n) is 4.18. The van der Waals surface area contributed by atoms with Crippen LogP contribution in [0.25, 0.3) is 22.3 Å². The third-order valence-corrected chi connectivity index (χ3v) is 6.46. The van der Waals surface area contributed by atoms with Gasteiger partial charge in [-0.05, 0) is 52.9 Å². The van der Waals surface area contributed by atoms with Gasteiger partial charge in [0.15, 0.2) is 0 Å². The van der Waals surface area contributed by atoms with Gasteiger partial charge in [0, 0.05) is 6.42 Å². The molecule has 0 fully saturated rings. The molecule has 40 heavy (non-hydrogen) atoms. The Kier molecular flexibility index (Phi) is 11.0. The van der Waals surface area contributed by atoms with Crippen LogP contribution in [-0.2, 0) is 19.6 Å². The molecule has 0 amide bonds. The van der Waals surface area contributed by atoms with Gasteiger partial charge < -0.3 is 0 Å². The number of rotatable bonds is 14. The topological polar surface area (TPSA) is 71.1 Å². The van der Waals surface area contributed by atoms with Crippen LogP contribution in [0.2, 0.25) is 0 Å². The minimum Gasteiger partial charge on any atom is -0.290 e. The third-order valence-electron chi connectivity index (χ3n) is 6.46. The summed E-state index contributed by atoms with van der Waals surface area (Å²) in [7, 11) is 0. The van der Waals surface area contributed by atoms with Crippen LogP contribution < -0.4 is 0 Å². The van der Waals surface area contributed by atoms with Crippen LogP contribution in [0.3, 0.4) is 0 Å². The quantitative estimate of drug-likeness (QED) is 0.0693. The Hall–Kier alpha value is -4.26. The minimum absolute atomic E-state index is 0.330. The zero-order chi connectivity index (χ0) is 28.0. The Morgan fingerprint density at radius 3 is 1.35 bits per heavy atom. The van der Waals surface area contributed by atoms with Crippen molar-refractivity contribution in [3.05, 3.63) is 120 Å².